The number of fused-ring (bicyclic) bond motifs is 6. The highest BCUT2D eigenvalue weighted by Crippen LogP contribution is 2.45. The number of benzene rings is 7. The molecule has 0 unspecified atom stereocenters. The molecule has 3 aromatic heterocycles. The fourth-order valence-corrected chi connectivity index (χ4v) is 12.8. The molecule has 0 aliphatic heterocycles. The van der Waals surface area contributed by atoms with Gasteiger partial charge in [-0.15, -0.1) is 34.0 Å². The van der Waals surface area contributed by atoms with Gasteiger partial charge in [-0.1, -0.05) is 54.6 Å². The summed E-state index contributed by atoms with van der Waals surface area (Å²) in [6, 6.07) is 46.4. The van der Waals surface area contributed by atoms with Gasteiger partial charge in [-0.25, -0.2) is 19.7 Å². The standard InChI is InChI=1S/C51H35N5O6S4/c1-28-11-22-42-45(46(28)66(59,60)61)65-49(55-42)31-16-23-40-43(25-31)63-48(53-40)30-14-20-34(21-15-30)56(2)50(57)32-17-24-41-44(26-32)64-47(54-41)29-12-18-33(19-13-29)52-51(58)62-27-39-37-9-5-3-7-35(37)36-8-4-6-10-38(36)39/h3-26,39H,27H2,1-2H3,(H,52,58)(H,59,60,61). The van der Waals surface area contributed by atoms with Crippen molar-refractivity contribution in [2.45, 2.75) is 17.7 Å². The summed E-state index contributed by atoms with van der Waals surface area (Å²) in [6.45, 7) is 1.88. The Labute approximate surface area is 390 Å². The van der Waals surface area contributed by atoms with Crippen molar-refractivity contribution in [3.05, 3.63) is 168 Å². The first-order chi connectivity index (χ1) is 31.9. The minimum absolute atomic E-state index is 0.0246. The number of hydrogen-bond donors (Lipinski definition) is 2. The summed E-state index contributed by atoms with van der Waals surface area (Å²) in [5, 5.41) is 5.09. The Morgan fingerprint density at radius 3 is 1.86 bits per heavy atom. The molecule has 0 atom stereocenters. The third-order valence-corrected chi connectivity index (χ3v) is 16.2. The summed E-state index contributed by atoms with van der Waals surface area (Å²) in [6.07, 6.45) is -0.521. The fraction of sp³-hybridized carbons (Fsp3) is 0.0784. The predicted octanol–water partition coefficient (Wildman–Crippen LogP) is 12.7. The Hall–Kier alpha value is -7.14. The van der Waals surface area contributed by atoms with E-state index in [2.05, 4.69) is 34.6 Å². The van der Waals surface area contributed by atoms with E-state index < -0.39 is 16.2 Å². The number of aryl methyl sites for hydroxylation is 1. The van der Waals surface area contributed by atoms with Crippen molar-refractivity contribution < 1.29 is 27.3 Å². The molecule has 2 N–H and O–H groups in total. The molecule has 3 heterocycles. The van der Waals surface area contributed by atoms with Crippen molar-refractivity contribution in [3.8, 4) is 42.8 Å². The van der Waals surface area contributed by atoms with Gasteiger partial charge in [0, 0.05) is 46.6 Å². The molecule has 10 aromatic rings. The lowest BCUT2D eigenvalue weighted by Gasteiger charge is -2.17. The van der Waals surface area contributed by atoms with Gasteiger partial charge in [0.15, 0.2) is 0 Å². The van der Waals surface area contributed by atoms with Crippen molar-refractivity contribution in [1.82, 2.24) is 15.0 Å². The smallest absolute Gasteiger partial charge is 0.411 e. The summed E-state index contributed by atoms with van der Waals surface area (Å²) in [4.78, 5) is 42.6. The average Bonchev–Trinajstić information content (AvgIpc) is 4.13. The van der Waals surface area contributed by atoms with Crippen LogP contribution in [0.1, 0.15) is 33.0 Å². The molecule has 0 saturated heterocycles. The van der Waals surface area contributed by atoms with E-state index in [-0.39, 0.29) is 23.3 Å². The molecule has 11 rings (SSSR count). The molecule has 324 valence electrons. The second-order valence-corrected chi connectivity index (χ2v) is 20.3. The number of thiazole rings is 3. The highest BCUT2D eigenvalue weighted by molar-refractivity contribution is 7.86. The first kappa shape index (κ1) is 41.6. The lowest BCUT2D eigenvalue weighted by Crippen LogP contribution is -2.26. The van der Waals surface area contributed by atoms with Crippen molar-refractivity contribution in [2.75, 3.05) is 23.9 Å². The molecular weight excluding hydrogens is 907 g/mol. The lowest BCUT2D eigenvalue weighted by atomic mass is 9.98. The zero-order valence-electron chi connectivity index (χ0n) is 35.1. The van der Waals surface area contributed by atoms with Crippen LogP contribution in [-0.2, 0) is 14.9 Å². The van der Waals surface area contributed by atoms with E-state index in [0.29, 0.717) is 32.0 Å². The molecule has 11 nitrogen and oxygen atoms in total. The largest absolute Gasteiger partial charge is 0.448 e. The van der Waals surface area contributed by atoms with Crippen LogP contribution in [0.4, 0.5) is 16.2 Å². The summed E-state index contributed by atoms with van der Waals surface area (Å²) >= 11 is 4.24. The van der Waals surface area contributed by atoms with Crippen molar-refractivity contribution in [3.63, 3.8) is 0 Å². The van der Waals surface area contributed by atoms with E-state index in [0.717, 1.165) is 64.0 Å². The van der Waals surface area contributed by atoms with Gasteiger partial charge in [-0.3, -0.25) is 14.7 Å². The molecule has 7 aromatic carbocycles. The average molecular weight is 942 g/mol. The number of carbonyl (C=O) groups excluding carboxylic acids is 2. The molecule has 0 radical (unpaired) electrons. The van der Waals surface area contributed by atoms with Gasteiger partial charge in [-0.05, 0) is 126 Å². The Bertz CT molecular complexity index is 3650. The minimum Gasteiger partial charge on any atom is -0.448 e. The number of rotatable bonds is 9. The van der Waals surface area contributed by atoms with Gasteiger partial charge >= 0.3 is 6.09 Å². The van der Waals surface area contributed by atoms with Crippen molar-refractivity contribution in [2.24, 2.45) is 0 Å². The van der Waals surface area contributed by atoms with Crippen LogP contribution in [0.15, 0.2) is 150 Å². The van der Waals surface area contributed by atoms with Crippen LogP contribution in [0.5, 0.6) is 0 Å². The van der Waals surface area contributed by atoms with Crippen LogP contribution >= 0.6 is 34.0 Å². The zero-order chi connectivity index (χ0) is 45.3. The Morgan fingerprint density at radius 1 is 0.667 bits per heavy atom. The third kappa shape index (κ3) is 7.59. The number of nitrogens with one attached hydrogen (secondary N) is 1. The first-order valence-corrected chi connectivity index (χ1v) is 24.6. The van der Waals surface area contributed by atoms with E-state index in [4.69, 9.17) is 14.7 Å². The topological polar surface area (TPSA) is 152 Å². The van der Waals surface area contributed by atoms with E-state index >= 15 is 0 Å². The van der Waals surface area contributed by atoms with Gasteiger partial charge in [0.1, 0.15) is 26.5 Å². The minimum atomic E-state index is -4.42. The molecule has 1 aliphatic carbocycles. The first-order valence-electron chi connectivity index (χ1n) is 20.8. The maximum atomic E-state index is 13.8. The van der Waals surface area contributed by atoms with Crippen LogP contribution in [0.3, 0.4) is 0 Å². The summed E-state index contributed by atoms with van der Waals surface area (Å²) < 4.78 is 42.2. The maximum absolute atomic E-state index is 13.8. The number of ether oxygens (including phenoxy) is 1. The molecule has 2 amide bonds. The summed E-state index contributed by atoms with van der Waals surface area (Å²) in [5.74, 6) is -0.187. The van der Waals surface area contributed by atoms with Gasteiger partial charge < -0.3 is 9.64 Å². The monoisotopic (exact) mass is 941 g/mol. The Morgan fingerprint density at radius 2 is 1.21 bits per heavy atom. The van der Waals surface area contributed by atoms with Gasteiger partial charge in [-0.2, -0.15) is 8.42 Å². The zero-order valence-corrected chi connectivity index (χ0v) is 38.3. The number of carbonyl (C=O) groups is 2. The van der Waals surface area contributed by atoms with Crippen LogP contribution in [0.2, 0.25) is 0 Å². The molecule has 0 fully saturated rings. The van der Waals surface area contributed by atoms with Gasteiger partial charge in [0.25, 0.3) is 16.0 Å². The van der Waals surface area contributed by atoms with Crippen LogP contribution in [0.25, 0.3) is 73.5 Å². The van der Waals surface area contributed by atoms with Crippen LogP contribution < -0.4 is 10.2 Å². The Balaban J connectivity index is 0.740. The molecule has 66 heavy (non-hydrogen) atoms. The van der Waals surface area contributed by atoms with E-state index in [1.807, 2.05) is 103 Å². The number of anilines is 2. The van der Waals surface area contributed by atoms with E-state index in [9.17, 15) is 22.6 Å². The molecule has 0 bridgehead atoms. The summed E-state index contributed by atoms with van der Waals surface area (Å²) in [5.41, 5.74) is 11.7. The molecule has 0 saturated carbocycles. The van der Waals surface area contributed by atoms with Gasteiger partial charge in [0.2, 0.25) is 0 Å². The number of amides is 2. The Kier molecular flexibility index (Phi) is 10.3. The van der Waals surface area contributed by atoms with Crippen molar-refractivity contribution in [1.29, 1.82) is 0 Å². The molecular formula is C51H35N5O6S4. The van der Waals surface area contributed by atoms with Crippen LogP contribution in [-0.4, -0.2) is 53.6 Å². The number of nitrogens with zero attached hydrogens (tertiary/aromatic N) is 4. The quantitative estimate of drug-likeness (QED) is 0.135. The molecule has 0 spiro atoms. The van der Waals surface area contributed by atoms with E-state index in [1.165, 1.54) is 45.1 Å². The second kappa shape index (κ2) is 16.4. The lowest BCUT2D eigenvalue weighted by molar-refractivity contribution is 0.0993. The maximum Gasteiger partial charge on any atom is 0.411 e. The van der Waals surface area contributed by atoms with Gasteiger partial charge in [0.05, 0.1) is 30.6 Å². The van der Waals surface area contributed by atoms with E-state index in [1.54, 1.807) is 37.1 Å². The predicted molar refractivity (Wildman–Crippen MR) is 265 cm³/mol. The normalized spacial score (nSPS) is 12.4. The fourth-order valence-electron chi connectivity index (χ4n) is 8.46. The highest BCUT2D eigenvalue weighted by atomic mass is 32.2. The number of aromatic nitrogens is 3. The third-order valence-electron chi connectivity index (χ3n) is 11.8. The second-order valence-electron chi connectivity index (χ2n) is 15.9. The highest BCUT2D eigenvalue weighted by Gasteiger charge is 2.29. The molecule has 1 aliphatic rings. The summed E-state index contributed by atoms with van der Waals surface area (Å²) in [7, 11) is -2.67. The SMILES string of the molecule is Cc1ccc2nc(-c3ccc4nc(-c5ccc(N(C)C(=O)c6ccc7nc(-c8ccc(NC(=O)OCC9c%10ccccc%10-c%10ccccc%109)cc8)sc7c6)cc5)sc4c3)sc2c1S(=O)(=O)O. The number of hydrogen-bond acceptors (Lipinski definition) is 11. The van der Waals surface area contributed by atoms with Crippen molar-refractivity contribution >= 4 is 98.2 Å². The molecule has 15 heteroatoms. The van der Waals surface area contributed by atoms with Crippen LogP contribution in [0, 0.1) is 6.92 Å².